The summed E-state index contributed by atoms with van der Waals surface area (Å²) < 4.78 is 55.8. The van der Waals surface area contributed by atoms with Crippen molar-refractivity contribution >= 4 is 21.6 Å². The third-order valence-electron chi connectivity index (χ3n) is 5.28. The van der Waals surface area contributed by atoms with Crippen LogP contribution in [-0.2, 0) is 10.0 Å². The average molecular weight is 378 g/mol. The van der Waals surface area contributed by atoms with Crippen LogP contribution in [0.5, 0.6) is 0 Å². The molecule has 3 heterocycles. The molecule has 3 aliphatic heterocycles. The molecule has 4 unspecified atom stereocenters. The molecule has 0 amide bonds. The Morgan fingerprint density at radius 3 is 2.62 bits per heavy atom. The molecule has 3 fully saturated rings. The van der Waals surface area contributed by atoms with Crippen molar-refractivity contribution in [2.45, 2.75) is 48.2 Å². The highest BCUT2D eigenvalue weighted by Gasteiger charge is 2.58. The fourth-order valence-corrected chi connectivity index (χ4v) is 6.29. The van der Waals surface area contributed by atoms with Gasteiger partial charge in [0.1, 0.15) is 0 Å². The number of piperidine rings is 2. The maximum absolute atomic E-state index is 14.1. The van der Waals surface area contributed by atoms with Crippen LogP contribution in [0.1, 0.15) is 19.3 Å². The molecule has 2 N–H and O–H groups in total. The molecule has 0 aromatic heterocycles. The number of sulfonamides is 1. The fourth-order valence-electron chi connectivity index (χ4n) is 4.30. The van der Waals surface area contributed by atoms with Gasteiger partial charge in [-0.15, -0.1) is 0 Å². The zero-order valence-corrected chi connectivity index (χ0v) is 14.3. The number of hydrogen-bond donors (Lipinski definition) is 2. The van der Waals surface area contributed by atoms with E-state index in [1.165, 1.54) is 28.6 Å². The van der Waals surface area contributed by atoms with Gasteiger partial charge in [0.2, 0.25) is 10.0 Å². The van der Waals surface area contributed by atoms with E-state index in [1.54, 1.807) is 0 Å². The Morgan fingerprint density at radius 1 is 1.21 bits per heavy atom. The van der Waals surface area contributed by atoms with Crippen LogP contribution in [-0.4, -0.2) is 43.3 Å². The Balaban J connectivity index is 1.75. The molecule has 9 heteroatoms. The van der Waals surface area contributed by atoms with Crippen molar-refractivity contribution in [1.29, 1.82) is 0 Å². The van der Waals surface area contributed by atoms with Crippen LogP contribution in [0.15, 0.2) is 29.2 Å². The van der Waals surface area contributed by atoms with E-state index in [1.807, 2.05) is 0 Å². The number of nitrogens with zero attached hydrogens (tertiary/aromatic N) is 1. The molecule has 132 valence electrons. The van der Waals surface area contributed by atoms with Crippen molar-refractivity contribution in [2.75, 3.05) is 6.54 Å². The molecule has 0 saturated carbocycles. The number of hydrazine groups is 1. The monoisotopic (exact) mass is 377 g/mol. The first kappa shape index (κ1) is 16.7. The highest BCUT2D eigenvalue weighted by atomic mass is 35.5. The van der Waals surface area contributed by atoms with Crippen molar-refractivity contribution in [3.63, 3.8) is 0 Å². The first-order valence-corrected chi connectivity index (χ1v) is 9.75. The fraction of sp³-hybridized carbons (Fsp3) is 0.600. The van der Waals surface area contributed by atoms with Crippen molar-refractivity contribution in [3.8, 4) is 0 Å². The maximum Gasteiger partial charge on any atom is 0.251 e. The average Bonchev–Trinajstić information content (AvgIpc) is 2.94. The predicted octanol–water partition coefficient (Wildman–Crippen LogP) is 1.99. The summed E-state index contributed by atoms with van der Waals surface area (Å²) in [5, 5.41) is 0.434. The van der Waals surface area contributed by atoms with Crippen molar-refractivity contribution < 1.29 is 17.2 Å². The van der Waals surface area contributed by atoms with Gasteiger partial charge in [-0.1, -0.05) is 11.6 Å². The predicted molar refractivity (Wildman–Crippen MR) is 85.3 cm³/mol. The van der Waals surface area contributed by atoms with Gasteiger partial charge in [-0.25, -0.2) is 17.2 Å². The molecular formula is C15H18ClF2N3O2S. The maximum atomic E-state index is 14.1. The van der Waals surface area contributed by atoms with Crippen LogP contribution in [0, 0.1) is 5.92 Å². The molecule has 5 nitrogen and oxygen atoms in total. The van der Waals surface area contributed by atoms with E-state index in [2.05, 4.69) is 10.9 Å². The minimum atomic E-state index is -3.84. The van der Waals surface area contributed by atoms with Gasteiger partial charge in [0.15, 0.2) is 0 Å². The van der Waals surface area contributed by atoms with E-state index in [4.69, 9.17) is 11.6 Å². The quantitative estimate of drug-likeness (QED) is 0.827. The SMILES string of the molecule is O=S(=O)(c1ccc(Cl)cc1)N1C2CC3NNCC3C1CC(F)(F)C2. The summed E-state index contributed by atoms with van der Waals surface area (Å²) in [6.07, 6.45) is -0.474. The molecule has 0 radical (unpaired) electrons. The van der Waals surface area contributed by atoms with Crippen molar-refractivity contribution in [1.82, 2.24) is 15.2 Å². The summed E-state index contributed by atoms with van der Waals surface area (Å²) in [7, 11) is -3.84. The summed E-state index contributed by atoms with van der Waals surface area (Å²) in [4.78, 5) is 0.101. The minimum Gasteiger partial charge on any atom is -0.257 e. The van der Waals surface area contributed by atoms with Crippen LogP contribution in [0.3, 0.4) is 0 Å². The molecule has 3 aliphatic rings. The summed E-state index contributed by atoms with van der Waals surface area (Å²) in [5.41, 5.74) is 6.09. The third kappa shape index (κ3) is 2.64. The first-order valence-electron chi connectivity index (χ1n) is 7.93. The largest absolute Gasteiger partial charge is 0.257 e. The summed E-state index contributed by atoms with van der Waals surface area (Å²) in [6, 6.07) is 4.50. The van der Waals surface area contributed by atoms with Crippen LogP contribution in [0.25, 0.3) is 0 Å². The second kappa shape index (κ2) is 5.60. The Morgan fingerprint density at radius 2 is 1.92 bits per heavy atom. The lowest BCUT2D eigenvalue weighted by molar-refractivity contribution is -0.106. The highest BCUT2D eigenvalue weighted by molar-refractivity contribution is 7.89. The lowest BCUT2D eigenvalue weighted by Crippen LogP contribution is -2.64. The number of alkyl halides is 2. The normalized spacial score (nSPS) is 35.6. The van der Waals surface area contributed by atoms with Crippen LogP contribution < -0.4 is 10.9 Å². The van der Waals surface area contributed by atoms with E-state index in [9.17, 15) is 17.2 Å². The van der Waals surface area contributed by atoms with Gasteiger partial charge in [0, 0.05) is 48.5 Å². The summed E-state index contributed by atoms with van der Waals surface area (Å²) in [6.45, 7) is 0.491. The second-order valence-electron chi connectivity index (χ2n) is 6.81. The highest BCUT2D eigenvalue weighted by Crippen LogP contribution is 2.47. The van der Waals surface area contributed by atoms with E-state index in [0.29, 0.717) is 18.0 Å². The number of benzene rings is 1. The van der Waals surface area contributed by atoms with Gasteiger partial charge in [-0.3, -0.25) is 10.9 Å². The molecule has 1 aromatic carbocycles. The number of hydrogen-bond acceptors (Lipinski definition) is 4. The molecule has 3 saturated heterocycles. The van der Waals surface area contributed by atoms with Crippen molar-refractivity contribution in [2.24, 2.45) is 5.92 Å². The Kier molecular flexibility index (Phi) is 3.89. The summed E-state index contributed by atoms with van der Waals surface area (Å²) in [5.74, 6) is -2.98. The molecular weight excluding hydrogens is 360 g/mol. The minimum absolute atomic E-state index is 0.0350. The van der Waals surface area contributed by atoms with E-state index < -0.39 is 40.9 Å². The number of fused-ring (bicyclic) bond motifs is 4. The number of rotatable bonds is 2. The lowest BCUT2D eigenvalue weighted by Gasteiger charge is -2.51. The standard InChI is InChI=1S/C15H18ClF2N3O2S/c16-9-1-3-11(4-2-9)24(22,23)21-10-5-13-12(8-19-20-13)14(21)7-15(17,18)6-10/h1-4,10,12-14,19-20H,5-8H2. The smallest absolute Gasteiger partial charge is 0.251 e. The van der Waals surface area contributed by atoms with Crippen LogP contribution in [0.4, 0.5) is 8.78 Å². The van der Waals surface area contributed by atoms with Gasteiger partial charge < -0.3 is 0 Å². The van der Waals surface area contributed by atoms with E-state index in [0.717, 1.165) is 0 Å². The van der Waals surface area contributed by atoms with E-state index >= 15 is 0 Å². The summed E-state index contributed by atoms with van der Waals surface area (Å²) >= 11 is 5.83. The van der Waals surface area contributed by atoms with Gasteiger partial charge >= 0.3 is 0 Å². The third-order valence-corrected chi connectivity index (χ3v) is 7.52. The van der Waals surface area contributed by atoms with Gasteiger partial charge in [0.25, 0.3) is 5.92 Å². The zero-order chi connectivity index (χ0) is 17.1. The molecule has 0 aliphatic carbocycles. The van der Waals surface area contributed by atoms with Gasteiger partial charge in [-0.2, -0.15) is 4.31 Å². The molecule has 24 heavy (non-hydrogen) atoms. The van der Waals surface area contributed by atoms with Gasteiger partial charge in [-0.05, 0) is 30.7 Å². The molecule has 1 aromatic rings. The number of halogens is 3. The topological polar surface area (TPSA) is 61.4 Å². The zero-order valence-electron chi connectivity index (χ0n) is 12.8. The van der Waals surface area contributed by atoms with Crippen LogP contribution in [0.2, 0.25) is 5.02 Å². The molecule has 4 atom stereocenters. The Bertz CT molecular complexity index is 744. The van der Waals surface area contributed by atoms with E-state index in [-0.39, 0.29) is 16.9 Å². The molecule has 4 rings (SSSR count). The first-order chi connectivity index (χ1) is 11.3. The molecule has 2 bridgehead atoms. The van der Waals surface area contributed by atoms with Crippen LogP contribution >= 0.6 is 11.6 Å². The Labute approximate surface area is 144 Å². The van der Waals surface area contributed by atoms with Crippen molar-refractivity contribution in [3.05, 3.63) is 29.3 Å². The number of nitrogens with one attached hydrogen (secondary N) is 2. The molecule has 0 spiro atoms. The Hall–Kier alpha value is -0.800. The van der Waals surface area contributed by atoms with Gasteiger partial charge in [0.05, 0.1) is 4.90 Å². The lowest BCUT2D eigenvalue weighted by atomic mass is 9.76. The second-order valence-corrected chi connectivity index (χ2v) is 9.09.